The molecule has 106 valence electrons. The lowest BCUT2D eigenvalue weighted by atomic mass is 9.81. The van der Waals surface area contributed by atoms with E-state index in [1.54, 1.807) is 0 Å². The molecule has 8 heteroatoms. The van der Waals surface area contributed by atoms with Crippen molar-refractivity contribution in [3.8, 4) is 5.75 Å². The molecule has 2 rings (SSSR count). The molecule has 20 heavy (non-hydrogen) atoms. The van der Waals surface area contributed by atoms with Gasteiger partial charge in [-0.25, -0.2) is 4.39 Å². The van der Waals surface area contributed by atoms with Crippen molar-refractivity contribution in [1.82, 2.24) is 4.98 Å². The zero-order valence-electron chi connectivity index (χ0n) is 9.99. The SMILES string of the molecule is Fc1cc(Cl)ccc1COc1cncc([B-](F)(F)F)c1. The smallest absolute Gasteiger partial charge is 0.487 e. The summed E-state index contributed by atoms with van der Waals surface area (Å²) in [6.45, 7) is -5.35. The summed E-state index contributed by atoms with van der Waals surface area (Å²) < 4.78 is 56.2. The van der Waals surface area contributed by atoms with Crippen LogP contribution in [-0.4, -0.2) is 12.0 Å². The van der Waals surface area contributed by atoms with Gasteiger partial charge in [-0.15, -0.1) is 0 Å². The lowest BCUT2D eigenvalue weighted by Crippen LogP contribution is -2.34. The molecular formula is C12H8BClF4NO-. The Morgan fingerprint density at radius 3 is 2.55 bits per heavy atom. The molecule has 0 aliphatic carbocycles. The highest BCUT2D eigenvalue weighted by Crippen LogP contribution is 2.18. The highest BCUT2D eigenvalue weighted by Gasteiger charge is 2.26. The molecule has 0 atom stereocenters. The van der Waals surface area contributed by atoms with Gasteiger partial charge in [-0.2, -0.15) is 0 Å². The van der Waals surface area contributed by atoms with E-state index in [0.29, 0.717) is 0 Å². The van der Waals surface area contributed by atoms with Gasteiger partial charge in [-0.3, -0.25) is 4.98 Å². The molecule has 0 amide bonds. The number of hydrogen-bond acceptors (Lipinski definition) is 2. The number of halogens is 5. The van der Waals surface area contributed by atoms with Crippen LogP contribution in [0.15, 0.2) is 36.7 Å². The van der Waals surface area contributed by atoms with Gasteiger partial charge in [-0.1, -0.05) is 23.1 Å². The summed E-state index contributed by atoms with van der Waals surface area (Å²) in [5, 5.41) is 0.231. The Morgan fingerprint density at radius 1 is 1.15 bits per heavy atom. The normalized spacial score (nSPS) is 11.4. The van der Waals surface area contributed by atoms with Gasteiger partial charge in [0.25, 0.3) is 0 Å². The zero-order valence-corrected chi connectivity index (χ0v) is 10.7. The second-order valence-electron chi connectivity index (χ2n) is 4.05. The van der Waals surface area contributed by atoms with Crippen molar-refractivity contribution in [2.45, 2.75) is 6.61 Å². The van der Waals surface area contributed by atoms with E-state index in [-0.39, 0.29) is 22.9 Å². The first-order valence-electron chi connectivity index (χ1n) is 5.58. The maximum atomic E-state index is 13.5. The molecule has 0 fully saturated rings. The molecule has 0 N–H and O–H groups in total. The maximum Gasteiger partial charge on any atom is 0.511 e. The van der Waals surface area contributed by atoms with Gasteiger partial charge in [-0.05, 0) is 18.2 Å². The standard InChI is InChI=1S/C12H8BClF4NO/c14-10-2-1-8(12(15)4-10)7-20-11-3-9(5-19-6-11)13(16,17)18/h1-6H,7H2/q-1. The fourth-order valence-corrected chi connectivity index (χ4v) is 1.65. The van der Waals surface area contributed by atoms with Crippen LogP contribution in [0.25, 0.3) is 0 Å². The van der Waals surface area contributed by atoms with Crippen molar-refractivity contribution in [1.29, 1.82) is 0 Å². The van der Waals surface area contributed by atoms with E-state index in [1.807, 2.05) is 0 Å². The first-order valence-corrected chi connectivity index (χ1v) is 5.95. The molecule has 1 aromatic heterocycles. The van der Waals surface area contributed by atoms with Crippen LogP contribution >= 0.6 is 11.6 Å². The van der Waals surface area contributed by atoms with Crippen LogP contribution in [0.2, 0.25) is 5.02 Å². The number of rotatable bonds is 4. The Bertz CT molecular complexity index is 621. The second-order valence-corrected chi connectivity index (χ2v) is 4.49. The summed E-state index contributed by atoms with van der Waals surface area (Å²) in [5.41, 5.74) is -0.670. The Kier molecular flexibility index (Phi) is 4.18. The van der Waals surface area contributed by atoms with Gasteiger partial charge in [0, 0.05) is 16.8 Å². The van der Waals surface area contributed by atoms with Crippen molar-refractivity contribution in [2.75, 3.05) is 0 Å². The summed E-state index contributed by atoms with van der Waals surface area (Å²) in [6.07, 6.45) is 1.86. The van der Waals surface area contributed by atoms with Crippen LogP contribution in [0.1, 0.15) is 5.56 Å². The van der Waals surface area contributed by atoms with Crippen LogP contribution < -0.4 is 10.2 Å². The molecule has 0 unspecified atom stereocenters. The Hall–Kier alpha value is -1.76. The fourth-order valence-electron chi connectivity index (χ4n) is 1.49. The van der Waals surface area contributed by atoms with Crippen molar-refractivity contribution < 1.29 is 22.1 Å². The summed E-state index contributed by atoms with van der Waals surface area (Å²) in [6, 6.07) is 4.81. The van der Waals surface area contributed by atoms with Crippen molar-refractivity contribution in [2.24, 2.45) is 0 Å². The molecule has 0 saturated carbocycles. The molecule has 2 aromatic rings. The van der Waals surface area contributed by atoms with Crippen molar-refractivity contribution in [3.63, 3.8) is 0 Å². The minimum absolute atomic E-state index is 0.0731. The molecule has 0 saturated heterocycles. The fraction of sp³-hybridized carbons (Fsp3) is 0.0833. The number of pyridine rings is 1. The van der Waals surface area contributed by atoms with Gasteiger partial charge in [0.15, 0.2) is 0 Å². The van der Waals surface area contributed by atoms with Gasteiger partial charge in [0.1, 0.15) is 18.2 Å². The summed E-state index contributed by atoms with van der Waals surface area (Å²) >= 11 is 5.59. The van der Waals surface area contributed by atoms with Crippen LogP contribution in [0.4, 0.5) is 17.3 Å². The third kappa shape index (κ3) is 3.63. The van der Waals surface area contributed by atoms with E-state index in [4.69, 9.17) is 16.3 Å². The quantitative estimate of drug-likeness (QED) is 0.637. The number of aromatic nitrogens is 1. The Morgan fingerprint density at radius 2 is 1.90 bits per heavy atom. The van der Waals surface area contributed by atoms with Crippen LogP contribution in [0.5, 0.6) is 5.75 Å². The average molecular weight is 304 g/mol. The van der Waals surface area contributed by atoms with Gasteiger partial charge >= 0.3 is 6.98 Å². The topological polar surface area (TPSA) is 22.1 Å². The molecule has 0 aliphatic rings. The van der Waals surface area contributed by atoms with Gasteiger partial charge in [0.05, 0.1) is 6.20 Å². The largest absolute Gasteiger partial charge is 0.511 e. The molecule has 0 spiro atoms. The molecule has 1 aromatic carbocycles. The third-order valence-electron chi connectivity index (χ3n) is 2.52. The molecule has 0 aliphatic heterocycles. The van der Waals surface area contributed by atoms with Gasteiger partial charge in [0.2, 0.25) is 0 Å². The Balaban J connectivity index is 2.11. The predicted molar refractivity (Wildman–Crippen MR) is 68.7 cm³/mol. The zero-order chi connectivity index (χ0) is 14.8. The van der Waals surface area contributed by atoms with E-state index in [1.165, 1.54) is 12.1 Å². The van der Waals surface area contributed by atoms with Crippen molar-refractivity contribution in [3.05, 3.63) is 53.1 Å². The maximum absolute atomic E-state index is 13.5. The van der Waals surface area contributed by atoms with Crippen LogP contribution in [0, 0.1) is 5.82 Å². The first-order chi connectivity index (χ1) is 9.36. The molecule has 0 bridgehead atoms. The lowest BCUT2D eigenvalue weighted by molar-refractivity contribution is 0.298. The minimum atomic E-state index is -5.14. The number of nitrogens with zero attached hydrogens (tertiary/aromatic N) is 1. The highest BCUT2D eigenvalue weighted by atomic mass is 35.5. The van der Waals surface area contributed by atoms with E-state index in [2.05, 4.69) is 4.98 Å². The average Bonchev–Trinajstić information content (AvgIpc) is 2.37. The molecular weight excluding hydrogens is 296 g/mol. The number of hydrogen-bond donors (Lipinski definition) is 0. The second kappa shape index (κ2) is 5.70. The van der Waals surface area contributed by atoms with Crippen molar-refractivity contribution >= 4 is 24.0 Å². The third-order valence-corrected chi connectivity index (χ3v) is 2.76. The van der Waals surface area contributed by atoms with E-state index in [9.17, 15) is 17.3 Å². The first kappa shape index (κ1) is 14.6. The minimum Gasteiger partial charge on any atom is -0.487 e. The number of ether oxygens (including phenoxy) is 1. The predicted octanol–water partition coefficient (Wildman–Crippen LogP) is 3.51. The molecule has 2 nitrogen and oxygen atoms in total. The number of benzene rings is 1. The molecule has 0 radical (unpaired) electrons. The Labute approximate surface area is 117 Å². The molecule has 1 heterocycles. The summed E-state index contributed by atoms with van der Waals surface area (Å²) in [7, 11) is 0. The van der Waals surface area contributed by atoms with E-state index in [0.717, 1.165) is 24.5 Å². The summed E-state index contributed by atoms with van der Waals surface area (Å²) in [5.74, 6) is -0.655. The van der Waals surface area contributed by atoms with Gasteiger partial charge < -0.3 is 17.7 Å². The highest BCUT2D eigenvalue weighted by molar-refractivity contribution is 6.73. The summed E-state index contributed by atoms with van der Waals surface area (Å²) in [4.78, 5) is 3.46. The van der Waals surface area contributed by atoms with Crippen LogP contribution in [-0.2, 0) is 6.61 Å². The lowest BCUT2D eigenvalue weighted by Gasteiger charge is -2.15. The van der Waals surface area contributed by atoms with E-state index < -0.39 is 18.3 Å². The van der Waals surface area contributed by atoms with Crippen LogP contribution in [0.3, 0.4) is 0 Å². The monoisotopic (exact) mass is 304 g/mol. The van der Waals surface area contributed by atoms with E-state index >= 15 is 0 Å².